The fraction of sp³-hybridized carbons (Fsp3) is 0.400. The Kier molecular flexibility index (Phi) is 11.3. The molecule has 11 heteroatoms. The second-order valence-corrected chi connectivity index (χ2v) is 11.0. The van der Waals surface area contributed by atoms with Gasteiger partial charge in [0.1, 0.15) is 6.04 Å². The van der Waals surface area contributed by atoms with Crippen LogP contribution in [0.4, 0.5) is 5.82 Å². The number of carbonyl (C=O) groups is 3. The number of aryl methyl sites for hydroxylation is 1. The minimum atomic E-state index is -1.09. The van der Waals surface area contributed by atoms with Crippen LogP contribution in [0.5, 0.6) is 0 Å². The van der Waals surface area contributed by atoms with Crippen molar-refractivity contribution in [2.45, 2.75) is 64.5 Å². The number of nitrogens with zero attached hydrogens (tertiary/aromatic N) is 3. The molecule has 0 aliphatic heterocycles. The Balaban J connectivity index is 1.69. The van der Waals surface area contributed by atoms with Gasteiger partial charge in [0.25, 0.3) is 0 Å². The molecule has 1 heterocycles. The third kappa shape index (κ3) is 9.87. The lowest BCUT2D eigenvalue weighted by Crippen LogP contribution is -2.60. The van der Waals surface area contributed by atoms with Crippen LogP contribution >= 0.6 is 0 Å². The molecule has 1 aromatic heterocycles. The second kappa shape index (κ2) is 14.6. The van der Waals surface area contributed by atoms with Crippen LogP contribution in [0.1, 0.15) is 43.4 Å². The Labute approximate surface area is 242 Å². The van der Waals surface area contributed by atoms with Gasteiger partial charge in [0.15, 0.2) is 5.82 Å². The van der Waals surface area contributed by atoms with Crippen molar-refractivity contribution in [1.29, 1.82) is 0 Å². The van der Waals surface area contributed by atoms with E-state index in [1.165, 1.54) is 6.82 Å². The molecule has 3 rings (SSSR count). The SMILES string of the molecule is CB(O)NC(C)(C)C(=O)N[C@H](CCCc1ccccc1)C(=O)Nc1cn(Cc2ccccc2CC(=O)N(C)C)cn1. The number of amides is 3. The van der Waals surface area contributed by atoms with Crippen LogP contribution in [0.25, 0.3) is 0 Å². The number of rotatable bonds is 14. The summed E-state index contributed by atoms with van der Waals surface area (Å²) in [7, 11) is 2.58. The number of aromatic nitrogens is 2. The molecule has 0 spiro atoms. The molecule has 0 saturated carbocycles. The van der Waals surface area contributed by atoms with E-state index in [9.17, 15) is 19.4 Å². The van der Waals surface area contributed by atoms with Crippen LogP contribution in [-0.2, 0) is 33.8 Å². The summed E-state index contributed by atoms with van der Waals surface area (Å²) in [6.07, 6.45) is 5.52. The van der Waals surface area contributed by atoms with Gasteiger partial charge >= 0.3 is 7.05 Å². The van der Waals surface area contributed by atoms with E-state index in [2.05, 4.69) is 20.8 Å². The van der Waals surface area contributed by atoms with Gasteiger partial charge < -0.3 is 30.4 Å². The largest absolute Gasteiger partial charge is 0.437 e. The maximum atomic E-state index is 13.4. The molecule has 3 aromatic rings. The lowest BCUT2D eigenvalue weighted by molar-refractivity contribution is -0.130. The average molecular weight is 561 g/mol. The average Bonchev–Trinajstić information content (AvgIpc) is 3.35. The lowest BCUT2D eigenvalue weighted by Gasteiger charge is -2.28. The number of likely N-dealkylation sites (N-methyl/N-ethyl adjacent to an activating group) is 1. The molecule has 2 aromatic carbocycles. The molecule has 0 aliphatic rings. The molecular weight excluding hydrogens is 519 g/mol. The van der Waals surface area contributed by atoms with E-state index in [0.29, 0.717) is 31.6 Å². The minimum Gasteiger partial charge on any atom is -0.437 e. The van der Waals surface area contributed by atoms with Crippen LogP contribution in [0.2, 0.25) is 6.82 Å². The molecule has 3 amide bonds. The monoisotopic (exact) mass is 560 g/mol. The summed E-state index contributed by atoms with van der Waals surface area (Å²) < 4.78 is 1.84. The first-order chi connectivity index (χ1) is 19.4. The molecule has 0 saturated heterocycles. The highest BCUT2D eigenvalue weighted by molar-refractivity contribution is 6.46. The van der Waals surface area contributed by atoms with Crippen LogP contribution in [0.15, 0.2) is 67.1 Å². The zero-order valence-electron chi connectivity index (χ0n) is 24.6. The Morgan fingerprint density at radius 2 is 1.71 bits per heavy atom. The summed E-state index contributed by atoms with van der Waals surface area (Å²) in [6, 6.07) is 16.9. The number of anilines is 1. The molecule has 0 bridgehead atoms. The number of imidazole rings is 1. The van der Waals surface area contributed by atoms with E-state index in [0.717, 1.165) is 23.1 Å². The third-order valence-electron chi connectivity index (χ3n) is 6.76. The van der Waals surface area contributed by atoms with Crippen molar-refractivity contribution in [3.05, 3.63) is 83.8 Å². The molecule has 41 heavy (non-hydrogen) atoms. The molecule has 0 unspecified atom stereocenters. The van der Waals surface area contributed by atoms with Crippen molar-refractivity contribution in [3.63, 3.8) is 0 Å². The molecule has 10 nitrogen and oxygen atoms in total. The van der Waals surface area contributed by atoms with Gasteiger partial charge in [-0.15, -0.1) is 0 Å². The van der Waals surface area contributed by atoms with Gasteiger partial charge in [0, 0.05) is 26.8 Å². The normalized spacial score (nSPS) is 12.0. The first-order valence-corrected chi connectivity index (χ1v) is 13.8. The van der Waals surface area contributed by atoms with Gasteiger partial charge in [-0.3, -0.25) is 14.4 Å². The summed E-state index contributed by atoms with van der Waals surface area (Å²) in [6.45, 7) is 5.32. The zero-order valence-corrected chi connectivity index (χ0v) is 24.6. The number of hydrogen-bond acceptors (Lipinski definition) is 6. The van der Waals surface area contributed by atoms with Crippen molar-refractivity contribution in [1.82, 2.24) is 25.0 Å². The van der Waals surface area contributed by atoms with Crippen LogP contribution in [0.3, 0.4) is 0 Å². The molecule has 0 aliphatic carbocycles. The quantitative estimate of drug-likeness (QED) is 0.224. The van der Waals surface area contributed by atoms with E-state index in [1.54, 1.807) is 45.4 Å². The standard InChI is InChI=1S/C30H41BN6O4/c1-30(2,35-31(3)41)29(40)33-25(17-11-14-22-12-7-6-8-13-22)28(39)34-26-20-37(21-32-26)19-24-16-10-9-15-23(24)18-27(38)36(4)5/h6-10,12-13,15-16,20-21,25,35,41H,11,14,17-19H2,1-5H3,(H,33,40)(H,34,39)/t25-/m1/s1. The smallest absolute Gasteiger partial charge is 0.374 e. The minimum absolute atomic E-state index is 0.0169. The fourth-order valence-corrected chi connectivity index (χ4v) is 4.48. The lowest BCUT2D eigenvalue weighted by atomic mass is 9.83. The summed E-state index contributed by atoms with van der Waals surface area (Å²) >= 11 is 0. The topological polar surface area (TPSA) is 129 Å². The summed E-state index contributed by atoms with van der Waals surface area (Å²) in [5, 5.41) is 18.2. The van der Waals surface area contributed by atoms with Gasteiger partial charge in [-0.2, -0.15) is 0 Å². The van der Waals surface area contributed by atoms with Gasteiger partial charge in [-0.05, 0) is 56.6 Å². The van der Waals surface area contributed by atoms with Gasteiger partial charge in [-0.1, -0.05) is 54.6 Å². The molecule has 218 valence electrons. The van der Waals surface area contributed by atoms with Crippen molar-refractivity contribution in [2.75, 3.05) is 19.4 Å². The van der Waals surface area contributed by atoms with Crippen molar-refractivity contribution >= 4 is 30.6 Å². The van der Waals surface area contributed by atoms with Crippen molar-refractivity contribution in [3.8, 4) is 0 Å². The number of nitrogens with one attached hydrogen (secondary N) is 3. The van der Waals surface area contributed by atoms with Gasteiger partial charge in [-0.25, -0.2) is 4.98 Å². The first-order valence-electron chi connectivity index (χ1n) is 13.8. The van der Waals surface area contributed by atoms with Crippen molar-refractivity contribution < 1.29 is 19.4 Å². The highest BCUT2D eigenvalue weighted by Crippen LogP contribution is 2.15. The molecule has 1 atom stereocenters. The Hall–Kier alpha value is -3.96. The number of carbonyl (C=O) groups excluding carboxylic acids is 3. The highest BCUT2D eigenvalue weighted by atomic mass is 16.2. The maximum Gasteiger partial charge on any atom is 0.374 e. The highest BCUT2D eigenvalue weighted by Gasteiger charge is 2.33. The predicted octanol–water partition coefficient (Wildman–Crippen LogP) is 2.49. The van der Waals surface area contributed by atoms with Crippen LogP contribution in [-0.4, -0.2) is 69.9 Å². The van der Waals surface area contributed by atoms with Crippen LogP contribution in [0, 0.1) is 0 Å². The van der Waals surface area contributed by atoms with E-state index >= 15 is 0 Å². The second-order valence-electron chi connectivity index (χ2n) is 11.0. The van der Waals surface area contributed by atoms with E-state index in [1.807, 2.05) is 59.2 Å². The third-order valence-corrected chi connectivity index (χ3v) is 6.76. The van der Waals surface area contributed by atoms with E-state index < -0.39 is 24.5 Å². The molecule has 0 radical (unpaired) electrons. The van der Waals surface area contributed by atoms with E-state index in [4.69, 9.17) is 0 Å². The maximum absolute atomic E-state index is 13.4. The molecule has 0 fully saturated rings. The van der Waals surface area contributed by atoms with Gasteiger partial charge in [0.2, 0.25) is 17.7 Å². The summed E-state index contributed by atoms with van der Waals surface area (Å²) in [4.78, 5) is 44.6. The summed E-state index contributed by atoms with van der Waals surface area (Å²) in [5.41, 5.74) is 1.98. The van der Waals surface area contributed by atoms with Crippen LogP contribution < -0.4 is 15.9 Å². The number of benzene rings is 2. The van der Waals surface area contributed by atoms with E-state index in [-0.39, 0.29) is 11.8 Å². The Morgan fingerprint density at radius 3 is 2.37 bits per heavy atom. The first kappa shape index (κ1) is 31.6. The zero-order chi connectivity index (χ0) is 30.0. The molecule has 4 N–H and O–H groups in total. The molecular formula is C30H41BN6O4. The summed E-state index contributed by atoms with van der Waals surface area (Å²) in [5.74, 6) is -0.391. The Bertz CT molecular complexity index is 1310. The van der Waals surface area contributed by atoms with Crippen molar-refractivity contribution in [2.24, 2.45) is 0 Å². The fourth-order valence-electron chi connectivity index (χ4n) is 4.48. The number of hydrogen-bond donors (Lipinski definition) is 4. The van der Waals surface area contributed by atoms with Gasteiger partial charge in [0.05, 0.1) is 18.3 Å². The Morgan fingerprint density at radius 1 is 1.05 bits per heavy atom. The predicted molar refractivity (Wildman–Crippen MR) is 161 cm³/mol.